The van der Waals surface area contributed by atoms with Gasteiger partial charge in [0, 0.05) is 5.54 Å². The summed E-state index contributed by atoms with van der Waals surface area (Å²) >= 11 is 0. The molecule has 0 radical (unpaired) electrons. The third-order valence-corrected chi connectivity index (χ3v) is 6.78. The van der Waals surface area contributed by atoms with Crippen LogP contribution in [-0.4, -0.2) is 24.0 Å². The fourth-order valence-electron chi connectivity index (χ4n) is 5.88. The summed E-state index contributed by atoms with van der Waals surface area (Å²) in [5.41, 5.74) is 0.0987. The molecular weight excluding hydrogens is 326 g/mol. The Bertz CT molecular complexity index is 659. The number of nitrogens with one attached hydrogen (secondary N) is 1. The van der Waals surface area contributed by atoms with Gasteiger partial charge in [-0.05, 0) is 75.7 Å². The lowest BCUT2D eigenvalue weighted by Crippen LogP contribution is -2.60. The maximum Gasteiger partial charge on any atom is 0.316 e. The highest BCUT2D eigenvalue weighted by Crippen LogP contribution is 2.55. The molecule has 0 saturated heterocycles. The molecule has 4 bridgehead atoms. The maximum atomic E-state index is 12.5. The molecule has 1 amide bonds. The average Bonchev–Trinajstić information content (AvgIpc) is 2.58. The van der Waals surface area contributed by atoms with E-state index < -0.39 is 5.41 Å². The number of esters is 1. The Labute approximate surface area is 155 Å². The lowest BCUT2D eigenvalue weighted by Gasteiger charge is -2.56. The van der Waals surface area contributed by atoms with Crippen LogP contribution in [0.5, 0.6) is 0 Å². The fourth-order valence-corrected chi connectivity index (χ4v) is 5.88. The molecule has 4 nitrogen and oxygen atoms in total. The first-order valence-electron chi connectivity index (χ1n) is 9.90. The van der Waals surface area contributed by atoms with Gasteiger partial charge in [-0.2, -0.15) is 0 Å². The first-order chi connectivity index (χ1) is 12.4. The van der Waals surface area contributed by atoms with Crippen LogP contribution in [0.4, 0.5) is 0 Å². The second kappa shape index (κ2) is 6.40. The molecule has 0 atom stereocenters. The van der Waals surface area contributed by atoms with Crippen molar-refractivity contribution in [3.63, 3.8) is 0 Å². The number of amides is 1. The van der Waals surface area contributed by atoms with Crippen LogP contribution in [0.1, 0.15) is 57.9 Å². The van der Waals surface area contributed by atoms with Crippen molar-refractivity contribution in [2.24, 2.45) is 17.8 Å². The predicted molar refractivity (Wildman–Crippen MR) is 99.5 cm³/mol. The molecule has 4 heteroatoms. The van der Waals surface area contributed by atoms with Crippen LogP contribution in [-0.2, 0) is 19.7 Å². The van der Waals surface area contributed by atoms with Crippen molar-refractivity contribution in [1.82, 2.24) is 5.32 Å². The number of benzene rings is 1. The van der Waals surface area contributed by atoms with Gasteiger partial charge in [-0.3, -0.25) is 9.59 Å². The Morgan fingerprint density at radius 2 is 1.58 bits per heavy atom. The van der Waals surface area contributed by atoms with Crippen LogP contribution in [0.15, 0.2) is 30.3 Å². The van der Waals surface area contributed by atoms with Gasteiger partial charge in [0.15, 0.2) is 6.61 Å². The summed E-state index contributed by atoms with van der Waals surface area (Å²) in [5.74, 6) is 1.83. The Morgan fingerprint density at radius 3 is 2.12 bits per heavy atom. The van der Waals surface area contributed by atoms with Gasteiger partial charge >= 0.3 is 5.97 Å². The molecule has 4 saturated carbocycles. The topological polar surface area (TPSA) is 55.4 Å². The van der Waals surface area contributed by atoms with Gasteiger partial charge in [0.05, 0.1) is 5.41 Å². The van der Waals surface area contributed by atoms with Gasteiger partial charge in [0.1, 0.15) is 0 Å². The van der Waals surface area contributed by atoms with Crippen molar-refractivity contribution in [3.8, 4) is 0 Å². The number of rotatable bonds is 5. The number of carbonyl (C=O) groups is 2. The zero-order chi connectivity index (χ0) is 18.4. The monoisotopic (exact) mass is 355 g/mol. The minimum Gasteiger partial charge on any atom is -0.455 e. The molecule has 26 heavy (non-hydrogen) atoms. The fraction of sp³-hybridized carbons (Fsp3) is 0.636. The van der Waals surface area contributed by atoms with E-state index in [1.807, 2.05) is 44.2 Å². The zero-order valence-corrected chi connectivity index (χ0v) is 15.8. The van der Waals surface area contributed by atoms with E-state index in [4.69, 9.17) is 4.74 Å². The third-order valence-electron chi connectivity index (χ3n) is 6.78. The van der Waals surface area contributed by atoms with E-state index in [-0.39, 0.29) is 24.0 Å². The largest absolute Gasteiger partial charge is 0.455 e. The molecule has 1 aromatic carbocycles. The smallest absolute Gasteiger partial charge is 0.316 e. The summed E-state index contributed by atoms with van der Waals surface area (Å²) in [6, 6.07) is 9.56. The second-order valence-corrected chi connectivity index (χ2v) is 9.31. The van der Waals surface area contributed by atoms with Crippen molar-refractivity contribution < 1.29 is 14.3 Å². The highest BCUT2D eigenvalue weighted by atomic mass is 16.5. The van der Waals surface area contributed by atoms with Gasteiger partial charge in [-0.15, -0.1) is 0 Å². The summed E-state index contributed by atoms with van der Waals surface area (Å²) in [4.78, 5) is 25.0. The lowest BCUT2D eigenvalue weighted by atomic mass is 9.53. The van der Waals surface area contributed by atoms with Crippen LogP contribution < -0.4 is 5.32 Å². The van der Waals surface area contributed by atoms with Gasteiger partial charge in [0.2, 0.25) is 0 Å². The Balaban J connectivity index is 1.34. The molecule has 140 valence electrons. The van der Waals surface area contributed by atoms with Crippen molar-refractivity contribution in [3.05, 3.63) is 35.9 Å². The molecule has 0 heterocycles. The van der Waals surface area contributed by atoms with Crippen molar-refractivity contribution in [1.29, 1.82) is 0 Å². The summed E-state index contributed by atoms with van der Waals surface area (Å²) in [6.45, 7) is 3.49. The molecule has 1 aromatic rings. The highest BCUT2D eigenvalue weighted by molar-refractivity contribution is 5.86. The molecule has 4 fully saturated rings. The minimum atomic E-state index is -0.762. The average molecular weight is 355 g/mol. The summed E-state index contributed by atoms with van der Waals surface area (Å²) in [5, 5.41) is 3.25. The van der Waals surface area contributed by atoms with Crippen LogP contribution in [0, 0.1) is 17.8 Å². The molecule has 4 aliphatic rings. The van der Waals surface area contributed by atoms with E-state index in [1.165, 1.54) is 19.3 Å². The van der Waals surface area contributed by atoms with Gasteiger partial charge < -0.3 is 10.1 Å². The summed E-state index contributed by atoms with van der Waals surface area (Å²) < 4.78 is 5.39. The maximum absolute atomic E-state index is 12.5. The molecular formula is C22H29NO3. The SMILES string of the molecule is CC(C)(C(=O)OCC(=O)NC12CC3CC(CC(C3)C1)C2)c1ccccc1. The van der Waals surface area contributed by atoms with Gasteiger partial charge in [-0.25, -0.2) is 0 Å². The van der Waals surface area contributed by atoms with Crippen molar-refractivity contribution >= 4 is 11.9 Å². The van der Waals surface area contributed by atoms with Gasteiger partial charge in [-0.1, -0.05) is 30.3 Å². The number of carbonyl (C=O) groups excluding carboxylic acids is 2. The summed E-state index contributed by atoms with van der Waals surface area (Å²) in [6.07, 6.45) is 7.34. The molecule has 0 unspecified atom stereocenters. The van der Waals surface area contributed by atoms with E-state index in [1.54, 1.807) is 0 Å². The molecule has 0 aliphatic heterocycles. The normalized spacial score (nSPS) is 32.3. The first kappa shape index (κ1) is 17.6. The molecule has 0 spiro atoms. The predicted octanol–water partition coefficient (Wildman–Crippen LogP) is 3.59. The summed E-state index contributed by atoms with van der Waals surface area (Å²) in [7, 11) is 0. The number of hydrogen-bond acceptors (Lipinski definition) is 3. The number of hydrogen-bond donors (Lipinski definition) is 1. The van der Waals surface area contributed by atoms with Crippen LogP contribution in [0.25, 0.3) is 0 Å². The Kier molecular flexibility index (Phi) is 4.32. The van der Waals surface area contributed by atoms with Crippen molar-refractivity contribution in [2.45, 2.75) is 63.3 Å². The van der Waals surface area contributed by atoms with Crippen LogP contribution in [0.2, 0.25) is 0 Å². The van der Waals surface area contributed by atoms with E-state index >= 15 is 0 Å². The lowest BCUT2D eigenvalue weighted by molar-refractivity contribution is -0.154. The third kappa shape index (κ3) is 3.26. The first-order valence-corrected chi connectivity index (χ1v) is 9.90. The quantitative estimate of drug-likeness (QED) is 0.821. The molecule has 1 N–H and O–H groups in total. The van der Waals surface area contributed by atoms with Crippen LogP contribution in [0.3, 0.4) is 0 Å². The molecule has 5 rings (SSSR count). The minimum absolute atomic E-state index is 0.0345. The zero-order valence-electron chi connectivity index (χ0n) is 15.8. The van der Waals surface area contributed by atoms with E-state index in [0.29, 0.717) is 0 Å². The van der Waals surface area contributed by atoms with Crippen molar-refractivity contribution in [2.75, 3.05) is 6.61 Å². The standard InChI is InChI=1S/C22H29NO3/c1-21(2,18-6-4-3-5-7-18)20(25)26-14-19(24)23-22-11-15-8-16(12-22)10-17(9-15)13-22/h3-7,15-17H,8-14H2,1-2H3,(H,23,24). The van der Waals surface area contributed by atoms with Crippen LogP contribution >= 0.6 is 0 Å². The van der Waals surface area contributed by atoms with E-state index in [9.17, 15) is 9.59 Å². The van der Waals surface area contributed by atoms with E-state index in [2.05, 4.69) is 5.32 Å². The van der Waals surface area contributed by atoms with E-state index in [0.717, 1.165) is 42.6 Å². The Morgan fingerprint density at radius 1 is 1.04 bits per heavy atom. The van der Waals surface area contributed by atoms with Gasteiger partial charge in [0.25, 0.3) is 5.91 Å². The number of ether oxygens (including phenoxy) is 1. The second-order valence-electron chi connectivity index (χ2n) is 9.31. The molecule has 4 aliphatic carbocycles. The Hall–Kier alpha value is -1.84. The highest BCUT2D eigenvalue weighted by Gasteiger charge is 2.51. The molecule has 0 aromatic heterocycles.